The lowest BCUT2D eigenvalue weighted by molar-refractivity contribution is -0.870. The highest BCUT2D eigenvalue weighted by atomic mass is 31.2. The van der Waals surface area contributed by atoms with Gasteiger partial charge in [0.2, 0.25) is 0 Å². The number of phosphoric ester groups is 1. The predicted octanol–water partition coefficient (Wildman–Crippen LogP) is 5.73. The molecule has 0 aliphatic rings. The fraction of sp³-hybridized carbons (Fsp3) is 0.808. The van der Waals surface area contributed by atoms with Crippen molar-refractivity contribution in [2.24, 2.45) is 0 Å². The molecule has 0 heterocycles. The quantitative estimate of drug-likeness (QED) is 0.0803. The molecule has 0 saturated heterocycles. The summed E-state index contributed by atoms with van der Waals surface area (Å²) in [5.41, 5.74) is 0. The largest absolute Gasteiger partial charge is 0.756 e. The van der Waals surface area contributed by atoms with Gasteiger partial charge in [0.15, 0.2) is 0 Å². The van der Waals surface area contributed by atoms with Crippen LogP contribution in [-0.2, 0) is 18.3 Å². The number of alkyl carbamates (subject to hydrolysis) is 1. The number of rotatable bonds is 23. The van der Waals surface area contributed by atoms with Crippen molar-refractivity contribution in [1.29, 1.82) is 0 Å². The minimum atomic E-state index is -4.31. The summed E-state index contributed by atoms with van der Waals surface area (Å²) < 4.78 is 26.8. The van der Waals surface area contributed by atoms with Gasteiger partial charge in [0.05, 0.1) is 34.4 Å². The van der Waals surface area contributed by atoms with Gasteiger partial charge in [-0.2, -0.15) is 0 Å². The number of carbonyl (C=O) groups excluding carboxylic acids is 1. The smallest absolute Gasteiger partial charge is 0.407 e. The summed E-state index contributed by atoms with van der Waals surface area (Å²) in [6, 6.07) is 0. The Kier molecular flexibility index (Phi) is 21.3. The Morgan fingerprint density at radius 1 is 0.829 bits per heavy atom. The molecule has 0 aliphatic carbocycles. The molecule has 0 aromatic carbocycles. The van der Waals surface area contributed by atoms with E-state index in [-0.39, 0.29) is 26.2 Å². The zero-order chi connectivity index (χ0) is 26.3. The van der Waals surface area contributed by atoms with E-state index in [0.29, 0.717) is 17.6 Å². The first-order valence-corrected chi connectivity index (χ1v) is 14.7. The van der Waals surface area contributed by atoms with Crippen molar-refractivity contribution in [2.75, 3.05) is 54.1 Å². The Morgan fingerprint density at radius 3 is 2.09 bits per heavy atom. The van der Waals surface area contributed by atoms with Crippen LogP contribution in [0.5, 0.6) is 0 Å². The lowest BCUT2D eigenvalue weighted by atomic mass is 10.1. The maximum absolute atomic E-state index is 11.7. The fourth-order valence-electron chi connectivity index (χ4n) is 3.04. The van der Waals surface area contributed by atoms with Crippen molar-refractivity contribution in [3.05, 3.63) is 24.3 Å². The van der Waals surface area contributed by atoms with Crippen LogP contribution in [0.25, 0.3) is 0 Å². The van der Waals surface area contributed by atoms with Gasteiger partial charge >= 0.3 is 6.09 Å². The molecule has 1 unspecified atom stereocenters. The van der Waals surface area contributed by atoms with Crippen LogP contribution in [0, 0.1) is 0 Å². The van der Waals surface area contributed by atoms with Crippen LogP contribution in [0.1, 0.15) is 84.0 Å². The highest BCUT2D eigenvalue weighted by Gasteiger charge is 2.13. The van der Waals surface area contributed by atoms with Crippen LogP contribution in [0.2, 0.25) is 0 Å². The van der Waals surface area contributed by atoms with E-state index in [1.165, 1.54) is 38.5 Å². The minimum Gasteiger partial charge on any atom is -0.756 e. The summed E-state index contributed by atoms with van der Waals surface area (Å²) in [6.45, 7) is 3.43. The molecule has 0 spiro atoms. The molecule has 1 atom stereocenters. The van der Waals surface area contributed by atoms with Gasteiger partial charge < -0.3 is 28.5 Å². The van der Waals surface area contributed by atoms with Crippen LogP contribution < -0.4 is 10.2 Å². The Bertz CT molecular complexity index is 619. The van der Waals surface area contributed by atoms with E-state index in [2.05, 4.69) is 36.5 Å². The number of ether oxygens (including phenoxy) is 1. The normalized spacial score (nSPS) is 14.0. The molecule has 0 radical (unpaired) electrons. The van der Waals surface area contributed by atoms with E-state index in [1.54, 1.807) is 0 Å². The Labute approximate surface area is 214 Å². The van der Waals surface area contributed by atoms with Gasteiger partial charge in [0.1, 0.15) is 13.2 Å². The molecule has 8 nitrogen and oxygen atoms in total. The molecule has 0 aromatic heterocycles. The van der Waals surface area contributed by atoms with Crippen molar-refractivity contribution in [1.82, 2.24) is 5.32 Å². The maximum Gasteiger partial charge on any atom is 0.407 e. The SMILES string of the molecule is CCCCCC=CCC=CCCCCCCCNC(=O)OCCCOP(=O)([O-])OCC[N+](C)(C)C. The van der Waals surface area contributed by atoms with Gasteiger partial charge in [-0.3, -0.25) is 4.57 Å². The molecule has 9 heteroatoms. The second kappa shape index (κ2) is 22.1. The van der Waals surface area contributed by atoms with E-state index in [1.807, 2.05) is 21.1 Å². The lowest BCUT2D eigenvalue weighted by Crippen LogP contribution is -2.37. The fourth-order valence-corrected chi connectivity index (χ4v) is 3.77. The Hall–Kier alpha value is -1.18. The molecule has 0 fully saturated rings. The molecule has 0 saturated carbocycles. The minimum absolute atomic E-state index is 0.0668. The van der Waals surface area contributed by atoms with Gasteiger partial charge in [-0.15, -0.1) is 0 Å². The number of quaternary nitrogens is 1. The van der Waals surface area contributed by atoms with Crippen LogP contribution >= 0.6 is 7.82 Å². The van der Waals surface area contributed by atoms with E-state index < -0.39 is 13.9 Å². The van der Waals surface area contributed by atoms with Gasteiger partial charge in [0.25, 0.3) is 7.82 Å². The molecule has 206 valence electrons. The first-order chi connectivity index (χ1) is 16.7. The lowest BCUT2D eigenvalue weighted by Gasteiger charge is -2.27. The van der Waals surface area contributed by atoms with Crippen molar-refractivity contribution < 1.29 is 32.5 Å². The zero-order valence-corrected chi connectivity index (χ0v) is 23.6. The second-order valence-corrected chi connectivity index (χ2v) is 11.2. The van der Waals surface area contributed by atoms with E-state index in [4.69, 9.17) is 13.8 Å². The molecule has 0 aliphatic heterocycles. The summed E-state index contributed by atoms with van der Waals surface area (Å²) in [7, 11) is 1.52. The van der Waals surface area contributed by atoms with Gasteiger partial charge in [-0.05, 0) is 38.5 Å². The number of phosphoric acid groups is 1. The maximum atomic E-state index is 11.7. The van der Waals surface area contributed by atoms with Crippen LogP contribution in [-0.4, -0.2) is 64.6 Å². The van der Waals surface area contributed by atoms with Crippen molar-refractivity contribution in [2.45, 2.75) is 84.0 Å². The van der Waals surface area contributed by atoms with Gasteiger partial charge in [0, 0.05) is 13.0 Å². The summed E-state index contributed by atoms with van der Waals surface area (Å²) in [4.78, 5) is 23.3. The Balaban J connectivity index is 3.47. The molecule has 0 bridgehead atoms. The number of likely N-dealkylation sites (N-methyl/N-ethyl adjacent to an activating group) is 1. The summed E-state index contributed by atoms with van der Waals surface area (Å²) in [6.07, 6.45) is 21.7. The molecular weight excluding hydrogens is 467 g/mol. The topological polar surface area (TPSA) is 96.9 Å². The van der Waals surface area contributed by atoms with E-state index in [9.17, 15) is 14.3 Å². The first-order valence-electron chi connectivity index (χ1n) is 13.3. The second-order valence-electron chi connectivity index (χ2n) is 9.77. The van der Waals surface area contributed by atoms with Crippen molar-refractivity contribution in [3.63, 3.8) is 0 Å². The number of amides is 1. The summed E-state index contributed by atoms with van der Waals surface area (Å²) >= 11 is 0. The monoisotopic (exact) mass is 518 g/mol. The van der Waals surface area contributed by atoms with E-state index >= 15 is 0 Å². The molecular formula is C26H51N2O6P. The molecule has 0 aromatic rings. The van der Waals surface area contributed by atoms with Crippen molar-refractivity contribution >= 4 is 13.9 Å². The summed E-state index contributed by atoms with van der Waals surface area (Å²) in [5.74, 6) is 0. The highest BCUT2D eigenvalue weighted by molar-refractivity contribution is 7.45. The van der Waals surface area contributed by atoms with Crippen molar-refractivity contribution in [3.8, 4) is 0 Å². The molecule has 35 heavy (non-hydrogen) atoms. The number of carbonyl (C=O) groups is 1. The Morgan fingerprint density at radius 2 is 1.43 bits per heavy atom. The number of allylic oxidation sites excluding steroid dienone is 4. The molecule has 1 amide bonds. The van der Waals surface area contributed by atoms with Gasteiger partial charge in [-0.25, -0.2) is 4.79 Å². The average Bonchev–Trinajstić information content (AvgIpc) is 2.77. The van der Waals surface area contributed by atoms with Gasteiger partial charge in [-0.1, -0.05) is 63.3 Å². The number of unbranched alkanes of at least 4 members (excludes halogenated alkanes) is 8. The average molecular weight is 519 g/mol. The molecule has 0 rings (SSSR count). The third-order valence-corrected chi connectivity index (χ3v) is 6.18. The number of nitrogens with zero attached hydrogens (tertiary/aromatic N) is 1. The standard InChI is InChI=1S/C26H51N2O6P/c1-5-6-7-8-9-10-11-12-13-14-15-16-17-18-19-21-27-26(29)32-23-20-24-33-35(30,31)34-25-22-28(2,3)4/h9-10,12-13H,5-8,11,14-25H2,1-4H3,(H-,27,29,30,31). The third-order valence-electron chi connectivity index (χ3n) is 5.18. The zero-order valence-electron chi connectivity index (χ0n) is 22.7. The molecule has 1 N–H and O–H groups in total. The van der Waals surface area contributed by atoms with Crippen LogP contribution in [0.15, 0.2) is 24.3 Å². The number of nitrogens with one attached hydrogen (secondary N) is 1. The first kappa shape index (κ1) is 33.8. The van der Waals surface area contributed by atoms with Crippen LogP contribution in [0.3, 0.4) is 0 Å². The van der Waals surface area contributed by atoms with Crippen LogP contribution in [0.4, 0.5) is 4.79 Å². The summed E-state index contributed by atoms with van der Waals surface area (Å²) in [5, 5.41) is 2.72. The highest BCUT2D eigenvalue weighted by Crippen LogP contribution is 2.38. The number of hydrogen-bond donors (Lipinski definition) is 1. The van der Waals surface area contributed by atoms with E-state index in [0.717, 1.165) is 32.1 Å². The third kappa shape index (κ3) is 27.3. The number of hydrogen-bond acceptors (Lipinski definition) is 6. The predicted molar refractivity (Wildman–Crippen MR) is 141 cm³/mol.